The number of ether oxygens (including phenoxy) is 2. The van der Waals surface area contributed by atoms with Gasteiger partial charge in [-0.15, -0.1) is 0 Å². The number of carbonyl (C=O) groups is 2. The van der Waals surface area contributed by atoms with Gasteiger partial charge >= 0.3 is 6.03 Å². The number of benzene rings is 2. The predicted molar refractivity (Wildman–Crippen MR) is 103 cm³/mol. The van der Waals surface area contributed by atoms with E-state index in [4.69, 9.17) is 9.47 Å². The van der Waals surface area contributed by atoms with Crippen LogP contribution in [0.1, 0.15) is 12.8 Å². The average Bonchev–Trinajstić information content (AvgIpc) is 3.18. The molecule has 0 aromatic heterocycles. The minimum absolute atomic E-state index is 0.207. The molecule has 142 valence electrons. The second-order valence-electron chi connectivity index (χ2n) is 6.23. The lowest BCUT2D eigenvalue weighted by Crippen LogP contribution is -2.45. The Kier molecular flexibility index (Phi) is 5.80. The Hall–Kier alpha value is -3.22. The maximum Gasteiger partial charge on any atom is 0.322 e. The van der Waals surface area contributed by atoms with E-state index in [1.807, 2.05) is 0 Å². The van der Waals surface area contributed by atoms with Gasteiger partial charge in [0.2, 0.25) is 5.91 Å². The van der Waals surface area contributed by atoms with Crippen LogP contribution in [0.15, 0.2) is 48.5 Å². The Morgan fingerprint density at radius 1 is 0.963 bits per heavy atom. The van der Waals surface area contributed by atoms with Crippen molar-refractivity contribution < 1.29 is 19.1 Å². The summed E-state index contributed by atoms with van der Waals surface area (Å²) in [7, 11) is 3.14. The van der Waals surface area contributed by atoms with Gasteiger partial charge in [-0.1, -0.05) is 12.1 Å². The molecule has 0 unspecified atom stereocenters. The molecule has 7 heteroatoms. The van der Waals surface area contributed by atoms with Crippen LogP contribution in [0.5, 0.6) is 11.5 Å². The number of methoxy groups -OCH3 is 2. The predicted octanol–water partition coefficient (Wildman–Crippen LogP) is 3.34. The molecule has 0 spiro atoms. The normalized spacial score (nSPS) is 15.9. The number of hydrogen-bond donors (Lipinski definition) is 2. The van der Waals surface area contributed by atoms with Gasteiger partial charge in [0.15, 0.2) is 0 Å². The van der Waals surface area contributed by atoms with E-state index in [-0.39, 0.29) is 11.9 Å². The van der Waals surface area contributed by atoms with Crippen molar-refractivity contribution in [2.45, 2.75) is 18.9 Å². The second-order valence-corrected chi connectivity index (χ2v) is 6.23. The highest BCUT2D eigenvalue weighted by Gasteiger charge is 2.34. The molecule has 2 aromatic carbocycles. The Bertz CT molecular complexity index is 757. The van der Waals surface area contributed by atoms with Gasteiger partial charge in [0.05, 0.1) is 14.2 Å². The quantitative estimate of drug-likeness (QED) is 0.847. The molecule has 1 heterocycles. The van der Waals surface area contributed by atoms with Crippen molar-refractivity contribution in [2.75, 3.05) is 31.4 Å². The van der Waals surface area contributed by atoms with Gasteiger partial charge < -0.3 is 25.0 Å². The number of likely N-dealkylation sites (tertiary alicyclic amines) is 1. The molecule has 1 saturated heterocycles. The van der Waals surface area contributed by atoms with E-state index in [0.717, 1.165) is 6.42 Å². The van der Waals surface area contributed by atoms with Crippen molar-refractivity contribution in [1.29, 1.82) is 0 Å². The first-order chi connectivity index (χ1) is 13.1. The fourth-order valence-corrected chi connectivity index (χ4v) is 3.10. The van der Waals surface area contributed by atoms with Gasteiger partial charge in [0, 0.05) is 30.1 Å². The molecule has 0 bridgehead atoms. The summed E-state index contributed by atoms with van der Waals surface area (Å²) in [6, 6.07) is 13.4. The standard InChI is InChI=1S/C20H23N3O4/c1-26-16-8-3-6-14(12-16)21-19(24)18-10-5-11-23(18)20(25)22-15-7-4-9-17(13-15)27-2/h3-4,6-9,12-13,18H,5,10-11H2,1-2H3,(H,21,24)(H,22,25)/t18-/m0/s1. The van der Waals surface area contributed by atoms with Crippen LogP contribution >= 0.6 is 0 Å². The smallest absolute Gasteiger partial charge is 0.322 e. The van der Waals surface area contributed by atoms with Crippen molar-refractivity contribution in [3.63, 3.8) is 0 Å². The maximum absolute atomic E-state index is 12.7. The lowest BCUT2D eigenvalue weighted by molar-refractivity contribution is -0.119. The Balaban J connectivity index is 1.66. The molecule has 7 nitrogen and oxygen atoms in total. The first-order valence-electron chi connectivity index (χ1n) is 8.77. The topological polar surface area (TPSA) is 79.9 Å². The maximum atomic E-state index is 12.7. The fourth-order valence-electron chi connectivity index (χ4n) is 3.10. The molecule has 0 aliphatic carbocycles. The van der Waals surface area contributed by atoms with E-state index in [1.54, 1.807) is 67.7 Å². The van der Waals surface area contributed by atoms with E-state index < -0.39 is 6.04 Å². The van der Waals surface area contributed by atoms with Crippen molar-refractivity contribution in [1.82, 2.24) is 4.90 Å². The molecular weight excluding hydrogens is 346 g/mol. The molecule has 3 amide bonds. The van der Waals surface area contributed by atoms with E-state index in [2.05, 4.69) is 10.6 Å². The van der Waals surface area contributed by atoms with Crippen LogP contribution in [-0.4, -0.2) is 43.6 Å². The first kappa shape index (κ1) is 18.6. The first-order valence-corrected chi connectivity index (χ1v) is 8.77. The molecule has 1 atom stereocenters. The third kappa shape index (κ3) is 4.49. The summed E-state index contributed by atoms with van der Waals surface area (Å²) in [5.41, 5.74) is 1.26. The van der Waals surface area contributed by atoms with Crippen LogP contribution in [0, 0.1) is 0 Å². The third-order valence-corrected chi connectivity index (χ3v) is 4.47. The molecule has 1 aliphatic rings. The van der Waals surface area contributed by atoms with Crippen LogP contribution in [-0.2, 0) is 4.79 Å². The summed E-state index contributed by atoms with van der Waals surface area (Å²) in [5.74, 6) is 1.11. The van der Waals surface area contributed by atoms with E-state index in [9.17, 15) is 9.59 Å². The molecule has 1 aliphatic heterocycles. The minimum Gasteiger partial charge on any atom is -0.497 e. The summed E-state index contributed by atoms with van der Waals surface area (Å²) in [6.45, 7) is 0.534. The highest BCUT2D eigenvalue weighted by Crippen LogP contribution is 2.23. The highest BCUT2D eigenvalue weighted by molar-refractivity contribution is 5.99. The van der Waals surface area contributed by atoms with Crippen molar-refractivity contribution in [2.24, 2.45) is 0 Å². The molecular formula is C20H23N3O4. The number of rotatable bonds is 5. The molecule has 27 heavy (non-hydrogen) atoms. The Labute approximate surface area is 158 Å². The zero-order valence-corrected chi connectivity index (χ0v) is 15.4. The van der Waals surface area contributed by atoms with Crippen LogP contribution in [0.4, 0.5) is 16.2 Å². The van der Waals surface area contributed by atoms with Crippen LogP contribution in [0.25, 0.3) is 0 Å². The lowest BCUT2D eigenvalue weighted by atomic mass is 10.2. The number of nitrogens with one attached hydrogen (secondary N) is 2. The van der Waals surface area contributed by atoms with Crippen molar-refractivity contribution in [3.05, 3.63) is 48.5 Å². The molecule has 2 N–H and O–H groups in total. The van der Waals surface area contributed by atoms with E-state index >= 15 is 0 Å². The Morgan fingerprint density at radius 3 is 2.15 bits per heavy atom. The zero-order chi connectivity index (χ0) is 19.2. The summed E-state index contributed by atoms with van der Waals surface area (Å²) in [5, 5.41) is 5.70. The number of amides is 3. The summed E-state index contributed by atoms with van der Waals surface area (Å²) < 4.78 is 10.3. The average molecular weight is 369 g/mol. The summed E-state index contributed by atoms with van der Waals surface area (Å²) >= 11 is 0. The molecule has 0 radical (unpaired) electrons. The van der Waals surface area contributed by atoms with Gasteiger partial charge in [0.25, 0.3) is 0 Å². The number of anilines is 2. The van der Waals surface area contributed by atoms with Crippen molar-refractivity contribution >= 4 is 23.3 Å². The van der Waals surface area contributed by atoms with Gasteiger partial charge in [-0.3, -0.25) is 4.79 Å². The minimum atomic E-state index is -0.512. The van der Waals surface area contributed by atoms with Crippen LogP contribution in [0.3, 0.4) is 0 Å². The number of hydrogen-bond acceptors (Lipinski definition) is 4. The van der Waals surface area contributed by atoms with Crippen molar-refractivity contribution in [3.8, 4) is 11.5 Å². The van der Waals surface area contributed by atoms with Gasteiger partial charge in [-0.05, 0) is 37.1 Å². The van der Waals surface area contributed by atoms with E-state index in [1.165, 1.54) is 0 Å². The third-order valence-electron chi connectivity index (χ3n) is 4.47. The largest absolute Gasteiger partial charge is 0.497 e. The SMILES string of the molecule is COc1cccc(NC(=O)[C@@H]2CCCN2C(=O)Nc2cccc(OC)c2)c1. The van der Waals surface area contributed by atoms with E-state index in [0.29, 0.717) is 35.8 Å². The molecule has 3 rings (SSSR count). The number of carbonyl (C=O) groups excluding carboxylic acids is 2. The fraction of sp³-hybridized carbons (Fsp3) is 0.300. The number of nitrogens with zero attached hydrogens (tertiary/aromatic N) is 1. The highest BCUT2D eigenvalue weighted by atomic mass is 16.5. The van der Waals surface area contributed by atoms with Gasteiger partial charge in [0.1, 0.15) is 17.5 Å². The van der Waals surface area contributed by atoms with Crippen LogP contribution in [0.2, 0.25) is 0 Å². The second kappa shape index (κ2) is 8.44. The Morgan fingerprint density at radius 2 is 1.56 bits per heavy atom. The van der Waals surface area contributed by atoms with Gasteiger partial charge in [-0.2, -0.15) is 0 Å². The summed E-state index contributed by atoms with van der Waals surface area (Å²) in [6.07, 6.45) is 1.41. The number of urea groups is 1. The van der Waals surface area contributed by atoms with Gasteiger partial charge in [-0.25, -0.2) is 4.79 Å². The zero-order valence-electron chi connectivity index (χ0n) is 15.4. The lowest BCUT2D eigenvalue weighted by Gasteiger charge is -2.24. The summed E-state index contributed by atoms with van der Waals surface area (Å²) in [4.78, 5) is 26.9. The molecule has 0 saturated carbocycles. The van der Waals surface area contributed by atoms with Crippen LogP contribution < -0.4 is 20.1 Å². The molecule has 2 aromatic rings. The molecule has 1 fully saturated rings. The monoisotopic (exact) mass is 369 g/mol.